The second kappa shape index (κ2) is 9.09. The van der Waals surface area contributed by atoms with Crippen LogP contribution >= 0.6 is 0 Å². The van der Waals surface area contributed by atoms with Crippen LogP contribution in [0.25, 0.3) is 0 Å². The van der Waals surface area contributed by atoms with Gasteiger partial charge in [0.1, 0.15) is 12.0 Å². The van der Waals surface area contributed by atoms with Gasteiger partial charge >= 0.3 is 5.69 Å². The number of nitrogens with zero attached hydrogens (tertiary/aromatic N) is 2. The van der Waals surface area contributed by atoms with E-state index in [-0.39, 0.29) is 30.7 Å². The van der Waals surface area contributed by atoms with Crippen LogP contribution in [0.4, 0.5) is 5.82 Å². The van der Waals surface area contributed by atoms with Crippen LogP contribution < -0.4 is 11.4 Å². The molecule has 7 heteroatoms. The topological polar surface area (TPSA) is 111 Å². The van der Waals surface area contributed by atoms with Gasteiger partial charge in [0.25, 0.3) is 0 Å². The van der Waals surface area contributed by atoms with Gasteiger partial charge in [-0.1, -0.05) is 6.92 Å². The number of hydrogen-bond donors (Lipinski definition) is 3. The molecule has 1 saturated heterocycles. The van der Waals surface area contributed by atoms with Crippen LogP contribution in [0.2, 0.25) is 0 Å². The van der Waals surface area contributed by atoms with E-state index in [0.717, 1.165) is 13.5 Å². The third kappa shape index (κ3) is 4.35. The Labute approximate surface area is 118 Å². The molecule has 20 heavy (non-hydrogen) atoms. The van der Waals surface area contributed by atoms with Crippen LogP contribution in [0.1, 0.15) is 19.6 Å². The predicted molar refractivity (Wildman–Crippen MR) is 75.7 cm³/mol. The first-order valence-corrected chi connectivity index (χ1v) is 6.01. The minimum absolute atomic E-state index is 0.0298. The van der Waals surface area contributed by atoms with Crippen LogP contribution in [0.3, 0.4) is 0 Å². The van der Waals surface area contributed by atoms with Crippen molar-refractivity contribution in [1.29, 1.82) is 0 Å². The molecule has 112 valence electrons. The maximum Gasteiger partial charge on any atom is 0.351 e. The average molecular weight is 283 g/mol. The third-order valence-corrected chi connectivity index (χ3v) is 2.78. The van der Waals surface area contributed by atoms with E-state index in [1.165, 1.54) is 4.57 Å². The lowest BCUT2D eigenvalue weighted by Crippen LogP contribution is -2.29. The van der Waals surface area contributed by atoms with Crippen molar-refractivity contribution < 1.29 is 14.9 Å². The monoisotopic (exact) mass is 283 g/mol. The van der Waals surface area contributed by atoms with Crippen molar-refractivity contribution in [1.82, 2.24) is 9.55 Å². The summed E-state index contributed by atoms with van der Waals surface area (Å²) in [6.07, 6.45) is 9.74. The molecule has 1 aliphatic rings. The first kappa shape index (κ1) is 18.1. The summed E-state index contributed by atoms with van der Waals surface area (Å²) in [6.45, 7) is 1.95. The number of terminal acetylenes is 1. The minimum atomic E-state index is -0.421. The van der Waals surface area contributed by atoms with Gasteiger partial charge in [-0.05, 0) is 12.5 Å². The summed E-state index contributed by atoms with van der Waals surface area (Å²) >= 11 is 0. The molecule has 0 bridgehead atoms. The minimum Gasteiger partial charge on any atom is -0.400 e. The number of aliphatic hydroxyl groups is 2. The zero-order valence-corrected chi connectivity index (χ0v) is 11.6. The number of nitrogen functional groups attached to an aromatic ring is 1. The molecule has 2 heterocycles. The number of nitrogens with two attached hydrogens (primary N) is 1. The molecule has 0 aromatic carbocycles. The van der Waals surface area contributed by atoms with Gasteiger partial charge in [0.15, 0.2) is 0 Å². The fourth-order valence-corrected chi connectivity index (χ4v) is 1.99. The Hall–Kier alpha value is -1.88. The lowest BCUT2D eigenvalue weighted by molar-refractivity contribution is -0.0335. The highest BCUT2D eigenvalue weighted by atomic mass is 16.5. The van der Waals surface area contributed by atoms with Gasteiger partial charge in [0.05, 0.1) is 12.7 Å². The lowest BCUT2D eigenvalue weighted by Gasteiger charge is -2.17. The molecule has 2 rings (SSSR count). The molecule has 0 aliphatic carbocycles. The maximum absolute atomic E-state index is 11.6. The average Bonchev–Trinajstić information content (AvgIpc) is 2.84. The zero-order valence-electron chi connectivity index (χ0n) is 11.6. The van der Waals surface area contributed by atoms with Crippen molar-refractivity contribution in [2.24, 2.45) is 5.92 Å². The molecular weight excluding hydrogens is 262 g/mol. The molecule has 3 atom stereocenters. The Morgan fingerprint density at radius 2 is 2.15 bits per heavy atom. The molecule has 1 aliphatic heterocycles. The van der Waals surface area contributed by atoms with Gasteiger partial charge in [-0.3, -0.25) is 4.57 Å². The van der Waals surface area contributed by atoms with E-state index in [2.05, 4.69) is 17.8 Å². The van der Waals surface area contributed by atoms with Gasteiger partial charge in [0.2, 0.25) is 0 Å². The number of ether oxygens (including phenoxy) is 1. The van der Waals surface area contributed by atoms with E-state index >= 15 is 0 Å². The van der Waals surface area contributed by atoms with Gasteiger partial charge in [0, 0.05) is 19.2 Å². The molecule has 0 amide bonds. The number of aromatic nitrogens is 2. The highest BCUT2D eigenvalue weighted by Crippen LogP contribution is 2.32. The first-order chi connectivity index (χ1) is 9.61. The quantitative estimate of drug-likeness (QED) is 0.637. The molecule has 0 spiro atoms. The SMILES string of the molecule is C#C.CO.C[C@H]1C[C@@H](CO)O[C@H]1n1ccc(N)nc1=O. The second-order valence-corrected chi connectivity index (χ2v) is 4.09. The van der Waals surface area contributed by atoms with Crippen LogP contribution in [0.5, 0.6) is 0 Å². The molecule has 1 aromatic rings. The molecule has 0 unspecified atom stereocenters. The van der Waals surface area contributed by atoms with E-state index in [1.807, 2.05) is 6.92 Å². The Bertz CT molecular complexity index is 472. The summed E-state index contributed by atoms with van der Waals surface area (Å²) in [5.74, 6) is 0.367. The van der Waals surface area contributed by atoms with Crippen LogP contribution in [-0.2, 0) is 4.74 Å². The summed E-state index contributed by atoms with van der Waals surface area (Å²) in [7, 11) is 1.00. The van der Waals surface area contributed by atoms with Gasteiger partial charge in [-0.15, -0.1) is 12.8 Å². The van der Waals surface area contributed by atoms with E-state index < -0.39 is 5.69 Å². The maximum atomic E-state index is 11.6. The number of aliphatic hydroxyl groups excluding tert-OH is 2. The molecule has 0 saturated carbocycles. The molecule has 4 N–H and O–H groups in total. The highest BCUT2D eigenvalue weighted by Gasteiger charge is 2.33. The van der Waals surface area contributed by atoms with Crippen molar-refractivity contribution in [3.8, 4) is 12.8 Å². The summed E-state index contributed by atoms with van der Waals surface area (Å²) in [5.41, 5.74) is 4.99. The van der Waals surface area contributed by atoms with E-state index in [0.29, 0.717) is 0 Å². The molecule has 7 nitrogen and oxygen atoms in total. The summed E-state index contributed by atoms with van der Waals surface area (Å²) in [5, 5.41) is 16.0. The number of rotatable bonds is 2. The Kier molecular flexibility index (Phi) is 8.24. The van der Waals surface area contributed by atoms with Crippen LogP contribution in [0.15, 0.2) is 17.1 Å². The second-order valence-electron chi connectivity index (χ2n) is 4.09. The van der Waals surface area contributed by atoms with Crippen molar-refractivity contribution in [3.05, 3.63) is 22.7 Å². The Morgan fingerprint density at radius 3 is 2.60 bits per heavy atom. The fourth-order valence-electron chi connectivity index (χ4n) is 1.99. The van der Waals surface area contributed by atoms with Gasteiger partial charge in [-0.25, -0.2) is 4.79 Å². The van der Waals surface area contributed by atoms with Crippen molar-refractivity contribution >= 4 is 5.82 Å². The first-order valence-electron chi connectivity index (χ1n) is 6.01. The zero-order chi connectivity index (χ0) is 15.7. The summed E-state index contributed by atoms with van der Waals surface area (Å²) in [6, 6.07) is 1.56. The molecule has 1 aromatic heterocycles. The normalized spacial score (nSPS) is 24.0. The molecule has 1 fully saturated rings. The third-order valence-electron chi connectivity index (χ3n) is 2.78. The Morgan fingerprint density at radius 1 is 1.55 bits per heavy atom. The van der Waals surface area contributed by atoms with Crippen molar-refractivity contribution in [2.75, 3.05) is 19.5 Å². The van der Waals surface area contributed by atoms with Crippen molar-refractivity contribution in [2.45, 2.75) is 25.7 Å². The van der Waals surface area contributed by atoms with Crippen LogP contribution in [0, 0.1) is 18.8 Å². The lowest BCUT2D eigenvalue weighted by atomic mass is 10.1. The number of anilines is 1. The van der Waals surface area contributed by atoms with Gasteiger partial charge in [-0.2, -0.15) is 4.98 Å². The largest absolute Gasteiger partial charge is 0.400 e. The fraction of sp³-hybridized carbons (Fsp3) is 0.538. The predicted octanol–water partition coefficient (Wildman–Crippen LogP) is -0.401. The van der Waals surface area contributed by atoms with E-state index in [1.54, 1.807) is 12.3 Å². The standard InChI is InChI=1S/C10H15N3O3.C2H2.CH4O/c1-6-4-7(5-14)16-9(6)13-3-2-8(11)12-10(13)15;2*1-2/h2-3,6-7,9,14H,4-5H2,1H3,(H2,11,12,15);1-2H;2H,1H3/t6-,7-,9+;;/m0../s1. The van der Waals surface area contributed by atoms with Crippen molar-refractivity contribution in [3.63, 3.8) is 0 Å². The van der Waals surface area contributed by atoms with E-state index in [9.17, 15) is 4.79 Å². The number of hydrogen-bond acceptors (Lipinski definition) is 6. The summed E-state index contributed by atoms with van der Waals surface area (Å²) < 4.78 is 6.98. The summed E-state index contributed by atoms with van der Waals surface area (Å²) in [4.78, 5) is 15.2. The highest BCUT2D eigenvalue weighted by molar-refractivity contribution is 5.23. The van der Waals surface area contributed by atoms with Gasteiger partial charge < -0.3 is 20.7 Å². The molecule has 0 radical (unpaired) electrons. The Balaban J connectivity index is 0.000000829. The van der Waals surface area contributed by atoms with Crippen LogP contribution in [-0.4, -0.2) is 39.6 Å². The smallest absolute Gasteiger partial charge is 0.351 e. The molecular formula is C13H21N3O4. The van der Waals surface area contributed by atoms with E-state index in [4.69, 9.17) is 20.7 Å².